The molecule has 1 heterocycles. The van der Waals surface area contributed by atoms with E-state index in [-0.39, 0.29) is 31.3 Å². The first-order valence-electron chi connectivity index (χ1n) is 8.68. The van der Waals surface area contributed by atoms with Gasteiger partial charge in [-0.2, -0.15) is 13.2 Å². The number of nitrogens with zero attached hydrogens (tertiary/aromatic N) is 2. The predicted molar refractivity (Wildman–Crippen MR) is 102 cm³/mol. The Bertz CT molecular complexity index is 868. The highest BCUT2D eigenvalue weighted by Gasteiger charge is 2.30. The number of hydrogen-bond donors (Lipinski definition) is 0. The summed E-state index contributed by atoms with van der Waals surface area (Å²) in [6.07, 6.45) is -4.24. The minimum atomic E-state index is -4.38. The van der Waals surface area contributed by atoms with Gasteiger partial charge in [0.25, 0.3) is 0 Å². The van der Waals surface area contributed by atoms with E-state index in [0.717, 1.165) is 22.7 Å². The Kier molecular flexibility index (Phi) is 5.98. The summed E-state index contributed by atoms with van der Waals surface area (Å²) in [5.41, 5.74) is 0.701. The van der Waals surface area contributed by atoms with Crippen LogP contribution in [0.15, 0.2) is 53.4 Å². The molecular weight excluding hydrogens is 389 g/mol. The van der Waals surface area contributed by atoms with Gasteiger partial charge in [0, 0.05) is 31.5 Å². The van der Waals surface area contributed by atoms with Crippen molar-refractivity contribution in [1.29, 1.82) is 0 Å². The van der Waals surface area contributed by atoms with Gasteiger partial charge in [-0.1, -0.05) is 24.3 Å². The smallest absolute Gasteiger partial charge is 0.341 e. The van der Waals surface area contributed by atoms with Crippen LogP contribution in [-0.4, -0.2) is 36.1 Å². The molecule has 0 saturated heterocycles. The van der Waals surface area contributed by atoms with Crippen LogP contribution in [0.3, 0.4) is 0 Å². The zero-order chi connectivity index (χ0) is 20.3. The molecule has 2 aromatic carbocycles. The molecule has 0 saturated carbocycles. The van der Waals surface area contributed by atoms with E-state index in [0.29, 0.717) is 11.3 Å². The van der Waals surface area contributed by atoms with Crippen molar-refractivity contribution in [1.82, 2.24) is 4.90 Å². The van der Waals surface area contributed by atoms with Gasteiger partial charge in [-0.05, 0) is 29.8 Å². The maximum atomic E-state index is 12.6. The first-order valence-corrected chi connectivity index (χ1v) is 9.66. The average Bonchev–Trinajstić information content (AvgIpc) is 2.66. The minimum absolute atomic E-state index is 0.0399. The molecule has 0 fully saturated rings. The summed E-state index contributed by atoms with van der Waals surface area (Å²) in [5.74, 6) is 0.123. The van der Waals surface area contributed by atoms with Crippen LogP contribution in [0.25, 0.3) is 0 Å². The Hall–Kier alpha value is -2.48. The van der Waals surface area contributed by atoms with Gasteiger partial charge in [-0.3, -0.25) is 9.59 Å². The third-order valence-corrected chi connectivity index (χ3v) is 5.53. The number of anilines is 1. The van der Waals surface area contributed by atoms with Crippen molar-refractivity contribution in [3.8, 4) is 0 Å². The monoisotopic (exact) mass is 408 g/mol. The average molecular weight is 408 g/mol. The highest BCUT2D eigenvalue weighted by atomic mass is 32.2. The summed E-state index contributed by atoms with van der Waals surface area (Å²) >= 11 is 1.48. The van der Waals surface area contributed by atoms with E-state index in [1.165, 1.54) is 28.8 Å². The lowest BCUT2D eigenvalue weighted by atomic mass is 10.1. The van der Waals surface area contributed by atoms with Gasteiger partial charge < -0.3 is 9.80 Å². The molecule has 28 heavy (non-hydrogen) atoms. The van der Waals surface area contributed by atoms with Gasteiger partial charge in [0.1, 0.15) is 0 Å². The molecule has 4 nitrogen and oxygen atoms in total. The molecular formula is C20H19F3N2O2S. The molecule has 0 unspecified atom stereocenters. The van der Waals surface area contributed by atoms with Gasteiger partial charge in [0.05, 0.1) is 17.0 Å². The van der Waals surface area contributed by atoms with Crippen LogP contribution >= 0.6 is 11.8 Å². The van der Waals surface area contributed by atoms with Crippen molar-refractivity contribution in [2.75, 3.05) is 24.2 Å². The van der Waals surface area contributed by atoms with Crippen molar-refractivity contribution in [2.24, 2.45) is 0 Å². The number of benzene rings is 2. The van der Waals surface area contributed by atoms with Crippen LogP contribution in [0.5, 0.6) is 0 Å². The van der Waals surface area contributed by atoms with Crippen molar-refractivity contribution >= 4 is 29.3 Å². The molecule has 1 aliphatic heterocycles. The van der Waals surface area contributed by atoms with E-state index in [1.807, 2.05) is 24.3 Å². The molecule has 8 heteroatoms. The van der Waals surface area contributed by atoms with Gasteiger partial charge in [0.2, 0.25) is 11.8 Å². The fraction of sp³-hybridized carbons (Fsp3) is 0.300. The number of carbonyl (C=O) groups is 2. The number of alkyl halides is 3. The summed E-state index contributed by atoms with van der Waals surface area (Å²) in [7, 11) is 1.60. The summed E-state index contributed by atoms with van der Waals surface area (Å²) in [6.45, 7) is 0.476. The van der Waals surface area contributed by atoms with Crippen LogP contribution in [0.2, 0.25) is 0 Å². The molecule has 2 aromatic rings. The van der Waals surface area contributed by atoms with Gasteiger partial charge in [-0.25, -0.2) is 0 Å². The molecule has 0 spiro atoms. The fourth-order valence-corrected chi connectivity index (χ4v) is 3.89. The molecule has 148 valence electrons. The molecule has 0 N–H and O–H groups in total. The van der Waals surface area contributed by atoms with Crippen LogP contribution in [0.4, 0.5) is 18.9 Å². The first kappa shape index (κ1) is 20.3. The SMILES string of the molecule is CN(Cc1ccc(C(F)(F)F)cc1)C(=O)CCN1C(=O)CSc2ccccc21. The molecule has 0 atom stereocenters. The van der Waals surface area contributed by atoms with E-state index in [1.54, 1.807) is 11.9 Å². The number of hydrogen-bond acceptors (Lipinski definition) is 3. The highest BCUT2D eigenvalue weighted by Crippen LogP contribution is 2.35. The summed E-state index contributed by atoms with van der Waals surface area (Å²) in [4.78, 5) is 28.8. The van der Waals surface area contributed by atoms with Crippen LogP contribution < -0.4 is 4.90 Å². The number of halogens is 3. The standard InChI is InChI=1S/C20H19F3N2O2S/c1-24(12-14-6-8-15(9-7-14)20(21,22)23)18(26)10-11-25-16-4-2-3-5-17(16)28-13-19(25)27/h2-9H,10-13H2,1H3. The third-order valence-electron chi connectivity index (χ3n) is 4.48. The normalized spacial score (nSPS) is 14.0. The molecule has 2 amide bonds. The van der Waals surface area contributed by atoms with Crippen molar-refractivity contribution < 1.29 is 22.8 Å². The Labute approximate surface area is 165 Å². The summed E-state index contributed by atoms with van der Waals surface area (Å²) in [5, 5.41) is 0. The van der Waals surface area contributed by atoms with E-state index >= 15 is 0 Å². The lowest BCUT2D eigenvalue weighted by molar-refractivity contribution is -0.137. The predicted octanol–water partition coefficient (Wildman–Crippen LogP) is 4.19. The van der Waals surface area contributed by atoms with Gasteiger partial charge in [0.15, 0.2) is 0 Å². The first-order chi connectivity index (χ1) is 13.3. The zero-order valence-corrected chi connectivity index (χ0v) is 16.0. The number of amides is 2. The maximum absolute atomic E-state index is 12.6. The second kappa shape index (κ2) is 8.26. The minimum Gasteiger partial charge on any atom is -0.341 e. The summed E-state index contributed by atoms with van der Waals surface area (Å²) in [6, 6.07) is 12.3. The number of fused-ring (bicyclic) bond motifs is 1. The quantitative estimate of drug-likeness (QED) is 0.745. The van der Waals surface area contributed by atoms with Crippen LogP contribution in [0.1, 0.15) is 17.5 Å². The van der Waals surface area contributed by atoms with E-state index in [9.17, 15) is 22.8 Å². The topological polar surface area (TPSA) is 40.6 Å². The van der Waals surface area contributed by atoms with Gasteiger partial charge in [-0.15, -0.1) is 11.8 Å². The lowest BCUT2D eigenvalue weighted by Crippen LogP contribution is -2.38. The number of carbonyl (C=O) groups excluding carboxylic acids is 2. The second-order valence-electron chi connectivity index (χ2n) is 6.50. The third kappa shape index (κ3) is 4.67. The van der Waals surface area contributed by atoms with E-state index in [4.69, 9.17) is 0 Å². The number of thioether (sulfide) groups is 1. The molecule has 3 rings (SSSR count). The molecule has 0 aromatic heterocycles. The molecule has 0 radical (unpaired) electrons. The lowest BCUT2D eigenvalue weighted by Gasteiger charge is -2.29. The molecule has 0 aliphatic carbocycles. The number of para-hydroxylation sites is 1. The molecule has 0 bridgehead atoms. The van der Waals surface area contributed by atoms with E-state index < -0.39 is 11.7 Å². The van der Waals surface area contributed by atoms with E-state index in [2.05, 4.69) is 0 Å². The maximum Gasteiger partial charge on any atom is 0.416 e. The number of rotatable bonds is 5. The molecule has 1 aliphatic rings. The van der Waals surface area contributed by atoms with Crippen molar-refractivity contribution in [2.45, 2.75) is 24.0 Å². The Balaban J connectivity index is 1.58. The highest BCUT2D eigenvalue weighted by molar-refractivity contribution is 8.00. The Morgan fingerprint density at radius 2 is 1.82 bits per heavy atom. The van der Waals surface area contributed by atoms with Crippen molar-refractivity contribution in [3.63, 3.8) is 0 Å². The Morgan fingerprint density at radius 3 is 2.50 bits per heavy atom. The second-order valence-corrected chi connectivity index (χ2v) is 7.51. The largest absolute Gasteiger partial charge is 0.416 e. The Morgan fingerprint density at radius 1 is 1.14 bits per heavy atom. The zero-order valence-electron chi connectivity index (χ0n) is 15.2. The summed E-state index contributed by atoms with van der Waals surface area (Å²) < 4.78 is 37.9. The van der Waals surface area contributed by atoms with Crippen LogP contribution in [-0.2, 0) is 22.3 Å². The van der Waals surface area contributed by atoms with Crippen molar-refractivity contribution in [3.05, 3.63) is 59.7 Å². The van der Waals surface area contributed by atoms with Gasteiger partial charge >= 0.3 is 6.18 Å². The fourth-order valence-electron chi connectivity index (χ4n) is 2.96. The van der Waals surface area contributed by atoms with Crippen LogP contribution in [0, 0.1) is 0 Å².